The summed E-state index contributed by atoms with van der Waals surface area (Å²) in [4.78, 5) is 33.9. The van der Waals surface area contributed by atoms with Gasteiger partial charge in [0.05, 0.1) is 7.11 Å². The van der Waals surface area contributed by atoms with E-state index in [0.717, 1.165) is 70.6 Å². The summed E-state index contributed by atoms with van der Waals surface area (Å²) in [6, 6.07) is 16.7. The van der Waals surface area contributed by atoms with E-state index in [0.29, 0.717) is 0 Å². The normalized spacial score (nSPS) is 20.4. The first-order valence-corrected chi connectivity index (χ1v) is 17.9. The van der Waals surface area contributed by atoms with Crippen LogP contribution in [-0.4, -0.2) is 74.6 Å². The van der Waals surface area contributed by atoms with Gasteiger partial charge in [-0.15, -0.1) is 0 Å². The summed E-state index contributed by atoms with van der Waals surface area (Å²) >= 11 is 2.23. The average molecular weight is 787 g/mol. The Balaban J connectivity index is 0.000000230. The zero-order chi connectivity index (χ0) is 35.8. The van der Waals surface area contributed by atoms with Gasteiger partial charge in [-0.05, 0) is 133 Å². The number of nitrogens with zero attached hydrogens (tertiary/aromatic N) is 3. The number of carbonyl (C=O) groups excluding carboxylic acids is 1. The van der Waals surface area contributed by atoms with Crippen LogP contribution in [0.4, 0.5) is 21.2 Å². The van der Waals surface area contributed by atoms with Crippen molar-refractivity contribution in [1.82, 2.24) is 20.2 Å². The fraction of sp³-hybridized carbons (Fsp3) is 0.514. The molecule has 2 aliphatic carbocycles. The standard InChI is InChI=1S/C22H29N3O3.C15H22IN3O2/c1-22(2,3)28-21(26)25-17-11-10-16(13-17)24-20-12-9-15(14-23-20)18-7-5-6-8-19(18)27-4;1-15(2,3)19(14(20)21)12-6-5-11(8-12)18-13-7-4-10(16)9-17-13/h5-9,12,14,16-17H,10-11,13H2,1-4H3,(H,23,24)(H,25,26);4,7,9,11-12H,5-6,8H2,1-3H3,(H,17,18)(H,20,21)/t16-,17-;11-,12-/m00/s1. The maximum atomic E-state index is 11.9. The van der Waals surface area contributed by atoms with Gasteiger partial charge < -0.3 is 35.4 Å². The number of anilines is 2. The van der Waals surface area contributed by atoms with Crippen molar-refractivity contribution in [3.63, 3.8) is 0 Å². The van der Waals surface area contributed by atoms with Crippen LogP contribution in [0, 0.1) is 3.57 Å². The van der Waals surface area contributed by atoms with E-state index < -0.39 is 11.7 Å². The van der Waals surface area contributed by atoms with Crippen LogP contribution in [0.15, 0.2) is 60.9 Å². The number of carbonyl (C=O) groups is 2. The molecule has 4 atom stereocenters. The van der Waals surface area contributed by atoms with Crippen molar-refractivity contribution in [3.8, 4) is 16.9 Å². The number of ether oxygens (including phenoxy) is 2. The number of benzene rings is 1. The Morgan fingerprint density at radius 1 is 0.837 bits per heavy atom. The fourth-order valence-electron chi connectivity index (χ4n) is 6.43. The highest BCUT2D eigenvalue weighted by Gasteiger charge is 2.38. The Kier molecular flexibility index (Phi) is 13.0. The Morgan fingerprint density at radius 3 is 2.02 bits per heavy atom. The van der Waals surface area contributed by atoms with Gasteiger partial charge in [0.1, 0.15) is 23.0 Å². The summed E-state index contributed by atoms with van der Waals surface area (Å²) in [7, 11) is 1.67. The molecular weight excluding hydrogens is 735 g/mol. The van der Waals surface area contributed by atoms with Gasteiger partial charge in [-0.2, -0.15) is 0 Å². The quantitative estimate of drug-likeness (QED) is 0.166. The molecule has 12 heteroatoms. The Morgan fingerprint density at radius 2 is 1.45 bits per heavy atom. The maximum Gasteiger partial charge on any atom is 0.407 e. The molecule has 0 aliphatic heterocycles. The lowest BCUT2D eigenvalue weighted by Gasteiger charge is -2.38. The number of para-hydroxylation sites is 1. The first kappa shape index (κ1) is 38.0. The smallest absolute Gasteiger partial charge is 0.407 e. The van der Waals surface area contributed by atoms with Crippen molar-refractivity contribution in [2.24, 2.45) is 0 Å². The lowest BCUT2D eigenvalue weighted by atomic mass is 10.0. The molecular formula is C37H51IN6O5. The van der Waals surface area contributed by atoms with Gasteiger partial charge in [0.2, 0.25) is 0 Å². The predicted molar refractivity (Wildman–Crippen MR) is 202 cm³/mol. The third-order valence-electron chi connectivity index (χ3n) is 8.47. The molecule has 5 rings (SSSR count). The summed E-state index contributed by atoms with van der Waals surface area (Å²) in [6.45, 7) is 11.4. The molecule has 11 nitrogen and oxygen atoms in total. The van der Waals surface area contributed by atoms with Crippen molar-refractivity contribution >= 4 is 46.4 Å². The highest BCUT2D eigenvalue weighted by Crippen LogP contribution is 2.32. The summed E-state index contributed by atoms with van der Waals surface area (Å²) in [5.74, 6) is 2.53. The van der Waals surface area contributed by atoms with Gasteiger partial charge in [0, 0.05) is 56.8 Å². The second-order valence-electron chi connectivity index (χ2n) is 14.6. The summed E-state index contributed by atoms with van der Waals surface area (Å²) < 4.78 is 11.9. The van der Waals surface area contributed by atoms with Gasteiger partial charge in [-0.3, -0.25) is 0 Å². The second kappa shape index (κ2) is 16.7. The number of carboxylic acid groups (broad SMARTS) is 1. The van der Waals surface area contributed by atoms with Crippen LogP contribution in [0.1, 0.15) is 80.1 Å². The fourth-order valence-corrected chi connectivity index (χ4v) is 6.75. The molecule has 2 aromatic heterocycles. The first-order valence-electron chi connectivity index (χ1n) is 16.9. The van der Waals surface area contributed by atoms with Gasteiger partial charge >= 0.3 is 12.2 Å². The molecule has 3 aromatic rings. The molecule has 0 radical (unpaired) electrons. The Hall–Kier alpha value is -3.81. The van der Waals surface area contributed by atoms with E-state index in [9.17, 15) is 14.7 Å². The molecule has 2 saturated carbocycles. The van der Waals surface area contributed by atoms with Crippen molar-refractivity contribution in [3.05, 3.63) is 64.5 Å². The minimum absolute atomic E-state index is 0.0730. The van der Waals surface area contributed by atoms with Crippen LogP contribution >= 0.6 is 22.6 Å². The summed E-state index contributed by atoms with van der Waals surface area (Å²) in [5, 5.41) is 19.3. The van der Waals surface area contributed by atoms with E-state index in [1.165, 1.54) is 0 Å². The van der Waals surface area contributed by atoms with E-state index in [1.807, 2.05) is 102 Å². The number of methoxy groups -OCH3 is 1. The third-order valence-corrected chi connectivity index (χ3v) is 9.10. The molecule has 266 valence electrons. The molecule has 49 heavy (non-hydrogen) atoms. The zero-order valence-corrected chi connectivity index (χ0v) is 31.8. The topological polar surface area (TPSA) is 138 Å². The van der Waals surface area contributed by atoms with Gasteiger partial charge in [0.25, 0.3) is 0 Å². The minimum Gasteiger partial charge on any atom is -0.496 e. The number of halogens is 1. The molecule has 1 aromatic carbocycles. The van der Waals surface area contributed by atoms with Crippen LogP contribution in [0.25, 0.3) is 11.1 Å². The Bertz CT molecular complexity index is 1520. The second-order valence-corrected chi connectivity index (χ2v) is 15.9. The number of hydrogen-bond donors (Lipinski definition) is 4. The number of aromatic nitrogens is 2. The monoisotopic (exact) mass is 786 g/mol. The lowest BCUT2D eigenvalue weighted by molar-refractivity contribution is 0.0504. The molecule has 2 aliphatic rings. The Labute approximate surface area is 304 Å². The minimum atomic E-state index is -0.833. The number of hydrogen-bond acceptors (Lipinski definition) is 8. The summed E-state index contributed by atoms with van der Waals surface area (Å²) in [6.07, 6.45) is 7.96. The summed E-state index contributed by atoms with van der Waals surface area (Å²) in [5.41, 5.74) is 1.19. The van der Waals surface area contributed by atoms with Gasteiger partial charge in [0.15, 0.2) is 0 Å². The van der Waals surface area contributed by atoms with Crippen LogP contribution in [0.3, 0.4) is 0 Å². The largest absolute Gasteiger partial charge is 0.496 e. The molecule has 0 saturated heterocycles. The van der Waals surface area contributed by atoms with Crippen LogP contribution in [0.2, 0.25) is 0 Å². The molecule has 4 N–H and O–H groups in total. The van der Waals surface area contributed by atoms with Crippen LogP contribution in [-0.2, 0) is 4.74 Å². The molecule has 2 heterocycles. The number of rotatable bonds is 8. The number of pyridine rings is 2. The van der Waals surface area contributed by atoms with Crippen molar-refractivity contribution < 1.29 is 24.2 Å². The lowest BCUT2D eigenvalue weighted by Crippen LogP contribution is -2.50. The van der Waals surface area contributed by atoms with Gasteiger partial charge in [-0.1, -0.05) is 18.2 Å². The van der Waals surface area contributed by atoms with E-state index in [2.05, 4.69) is 48.5 Å². The van der Waals surface area contributed by atoms with E-state index in [4.69, 9.17) is 9.47 Å². The first-order chi connectivity index (χ1) is 23.1. The SMILES string of the molecule is CC(C)(C)N(C(=O)O)[C@H]1CC[C@H](Nc2ccc(I)cn2)C1.COc1ccccc1-c1ccc(N[C@H]2CC[C@H](NC(=O)OC(C)(C)C)C2)nc1. The van der Waals surface area contributed by atoms with Crippen molar-refractivity contribution in [2.75, 3.05) is 17.7 Å². The molecule has 0 unspecified atom stereocenters. The molecule has 2 fully saturated rings. The average Bonchev–Trinajstić information content (AvgIpc) is 3.66. The number of amides is 2. The maximum absolute atomic E-state index is 11.9. The van der Waals surface area contributed by atoms with Crippen molar-refractivity contribution in [2.45, 2.75) is 115 Å². The van der Waals surface area contributed by atoms with E-state index in [-0.39, 0.29) is 35.8 Å². The zero-order valence-electron chi connectivity index (χ0n) is 29.6. The molecule has 0 spiro atoms. The van der Waals surface area contributed by atoms with Crippen LogP contribution in [0.5, 0.6) is 5.75 Å². The number of alkyl carbamates (subject to hydrolysis) is 1. The number of nitrogens with one attached hydrogen (secondary N) is 3. The van der Waals surface area contributed by atoms with Crippen molar-refractivity contribution in [1.29, 1.82) is 0 Å². The third kappa shape index (κ3) is 11.6. The van der Waals surface area contributed by atoms with E-state index in [1.54, 1.807) is 12.0 Å². The predicted octanol–water partition coefficient (Wildman–Crippen LogP) is 8.41. The highest BCUT2D eigenvalue weighted by molar-refractivity contribution is 14.1. The van der Waals surface area contributed by atoms with E-state index >= 15 is 0 Å². The highest BCUT2D eigenvalue weighted by atomic mass is 127. The van der Waals surface area contributed by atoms with Gasteiger partial charge in [-0.25, -0.2) is 19.6 Å². The molecule has 0 bridgehead atoms. The molecule has 2 amide bonds. The van der Waals surface area contributed by atoms with Crippen LogP contribution < -0.4 is 20.7 Å².